The first-order chi connectivity index (χ1) is 11.7. The van der Waals surface area contributed by atoms with E-state index in [0.29, 0.717) is 35.7 Å². The van der Waals surface area contributed by atoms with E-state index in [0.717, 1.165) is 12.0 Å². The third kappa shape index (κ3) is 3.77. The number of rotatable bonds is 6. The molecule has 1 N–H and O–H groups in total. The zero-order chi connectivity index (χ0) is 16.9. The van der Waals surface area contributed by atoms with E-state index < -0.39 is 0 Å². The van der Waals surface area contributed by atoms with Crippen molar-refractivity contribution in [2.75, 3.05) is 25.6 Å². The second-order valence-corrected chi connectivity index (χ2v) is 5.52. The summed E-state index contributed by atoms with van der Waals surface area (Å²) in [6, 6.07) is 9.84. The summed E-state index contributed by atoms with van der Waals surface area (Å²) in [5, 5.41) is 3.37. The highest BCUT2D eigenvalue weighted by Gasteiger charge is 2.10. The first kappa shape index (κ1) is 16.5. The molecule has 24 heavy (non-hydrogen) atoms. The molecule has 3 aromatic rings. The molecule has 0 amide bonds. The van der Waals surface area contributed by atoms with Crippen LogP contribution in [0.1, 0.15) is 6.42 Å². The Hall–Kier alpha value is -2.31. The predicted molar refractivity (Wildman–Crippen MR) is 92.7 cm³/mol. The van der Waals surface area contributed by atoms with E-state index in [2.05, 4.69) is 20.3 Å². The number of anilines is 1. The van der Waals surface area contributed by atoms with Gasteiger partial charge in [-0.1, -0.05) is 0 Å². The normalized spacial score (nSPS) is 11.0. The number of halogens is 2. The van der Waals surface area contributed by atoms with Gasteiger partial charge in [0.05, 0.1) is 11.2 Å². The van der Waals surface area contributed by atoms with Gasteiger partial charge in [-0.3, -0.25) is 0 Å². The molecule has 0 saturated carbocycles. The predicted octanol–water partition coefficient (Wildman–Crippen LogP) is 3.93. The summed E-state index contributed by atoms with van der Waals surface area (Å²) in [6.07, 6.45) is 0.831. The topological polar surface area (TPSA) is 59.9 Å². The van der Waals surface area contributed by atoms with Gasteiger partial charge in [0.25, 0.3) is 0 Å². The Bertz CT molecular complexity index is 842. The number of hydrogen-bond donors (Lipinski definition) is 1. The molecule has 0 bridgehead atoms. The average molecular weight is 347 g/mol. The number of hydrogen-bond acceptors (Lipinski definition) is 5. The van der Waals surface area contributed by atoms with Crippen LogP contribution in [0.25, 0.3) is 22.3 Å². The van der Waals surface area contributed by atoms with E-state index in [-0.39, 0.29) is 11.1 Å². The fraction of sp³-hybridized carbons (Fsp3) is 0.235. The zero-order valence-electron chi connectivity index (χ0n) is 13.1. The highest BCUT2D eigenvalue weighted by molar-refractivity contribution is 6.28. The fourth-order valence-corrected chi connectivity index (χ4v) is 2.49. The first-order valence-electron chi connectivity index (χ1n) is 7.50. The van der Waals surface area contributed by atoms with Crippen LogP contribution >= 0.6 is 11.6 Å². The fourth-order valence-electron chi connectivity index (χ4n) is 2.31. The minimum atomic E-state index is -0.282. The number of benzene rings is 1. The van der Waals surface area contributed by atoms with Crippen molar-refractivity contribution < 1.29 is 9.13 Å². The number of fused-ring (bicyclic) bond motifs is 1. The van der Waals surface area contributed by atoms with Gasteiger partial charge in [0, 0.05) is 25.8 Å². The summed E-state index contributed by atoms with van der Waals surface area (Å²) in [7, 11) is 1.66. The summed E-state index contributed by atoms with van der Waals surface area (Å²) in [5.41, 5.74) is 2.81. The molecule has 0 saturated heterocycles. The monoisotopic (exact) mass is 346 g/mol. The maximum Gasteiger partial charge on any atom is 0.225 e. The van der Waals surface area contributed by atoms with Crippen molar-refractivity contribution in [2.24, 2.45) is 0 Å². The molecule has 0 aliphatic carbocycles. The highest BCUT2D eigenvalue weighted by atomic mass is 35.5. The Morgan fingerprint density at radius 1 is 1.08 bits per heavy atom. The number of aromatic nitrogens is 3. The molecule has 0 spiro atoms. The van der Waals surface area contributed by atoms with E-state index in [1.165, 1.54) is 12.1 Å². The van der Waals surface area contributed by atoms with Crippen molar-refractivity contribution in [1.29, 1.82) is 0 Å². The molecule has 1 aromatic carbocycles. The van der Waals surface area contributed by atoms with Crippen LogP contribution in [0.15, 0.2) is 36.4 Å². The van der Waals surface area contributed by atoms with Crippen molar-refractivity contribution >= 4 is 28.5 Å². The van der Waals surface area contributed by atoms with Gasteiger partial charge in [0.15, 0.2) is 5.82 Å². The molecule has 0 aliphatic heterocycles. The first-order valence-corrected chi connectivity index (χ1v) is 7.88. The quantitative estimate of drug-likeness (QED) is 0.541. The van der Waals surface area contributed by atoms with Gasteiger partial charge < -0.3 is 10.1 Å². The Morgan fingerprint density at radius 2 is 1.88 bits per heavy atom. The van der Waals surface area contributed by atoms with Crippen molar-refractivity contribution in [2.45, 2.75) is 6.42 Å². The van der Waals surface area contributed by atoms with E-state index >= 15 is 0 Å². The van der Waals surface area contributed by atoms with Gasteiger partial charge in [0.1, 0.15) is 11.3 Å². The lowest BCUT2D eigenvalue weighted by Gasteiger charge is -2.09. The summed E-state index contributed by atoms with van der Waals surface area (Å²) in [5.74, 6) is 0.292. The average Bonchev–Trinajstić information content (AvgIpc) is 2.59. The van der Waals surface area contributed by atoms with E-state index in [4.69, 9.17) is 16.3 Å². The summed E-state index contributed by atoms with van der Waals surface area (Å²) >= 11 is 5.98. The van der Waals surface area contributed by atoms with Crippen molar-refractivity contribution in [1.82, 2.24) is 15.0 Å². The van der Waals surface area contributed by atoms with Crippen LogP contribution in [0.3, 0.4) is 0 Å². The van der Waals surface area contributed by atoms with Gasteiger partial charge in [-0.05, 0) is 54.4 Å². The van der Waals surface area contributed by atoms with Gasteiger partial charge in [0.2, 0.25) is 5.28 Å². The standard InChI is InChI=1S/C17H16ClFN4O/c1-24-10-2-9-20-16-15-14(22-17(18)23-16)8-7-13(21-15)11-3-5-12(19)6-4-11/h3-8H,2,9-10H2,1H3,(H,20,22,23). The molecular formula is C17H16ClFN4O. The molecule has 2 heterocycles. The molecule has 124 valence electrons. The molecule has 0 radical (unpaired) electrons. The van der Waals surface area contributed by atoms with Gasteiger partial charge in [-0.15, -0.1) is 0 Å². The van der Waals surface area contributed by atoms with E-state index in [1.807, 2.05) is 12.1 Å². The molecular weight excluding hydrogens is 331 g/mol. The SMILES string of the molecule is COCCCNc1nc(Cl)nc2ccc(-c3ccc(F)cc3)nc12. The number of nitrogens with zero attached hydrogens (tertiary/aromatic N) is 3. The molecule has 3 rings (SSSR count). The maximum atomic E-state index is 13.1. The van der Waals surface area contributed by atoms with Crippen LogP contribution < -0.4 is 5.32 Å². The molecule has 2 aromatic heterocycles. The molecule has 0 atom stereocenters. The number of nitrogens with one attached hydrogen (secondary N) is 1. The van der Waals surface area contributed by atoms with Gasteiger partial charge in [-0.2, -0.15) is 4.98 Å². The number of ether oxygens (including phenoxy) is 1. The largest absolute Gasteiger partial charge is 0.385 e. The Balaban J connectivity index is 1.97. The summed E-state index contributed by atoms with van der Waals surface area (Å²) in [6.45, 7) is 1.33. The Labute approximate surface area is 143 Å². The summed E-state index contributed by atoms with van der Waals surface area (Å²) < 4.78 is 18.1. The second-order valence-electron chi connectivity index (χ2n) is 5.19. The molecule has 7 heteroatoms. The van der Waals surface area contributed by atoms with Crippen molar-refractivity contribution in [3.05, 3.63) is 47.5 Å². The summed E-state index contributed by atoms with van der Waals surface area (Å²) in [4.78, 5) is 13.0. The molecule has 0 fully saturated rings. The lowest BCUT2D eigenvalue weighted by molar-refractivity contribution is 0.198. The molecule has 5 nitrogen and oxygen atoms in total. The van der Waals surface area contributed by atoms with Gasteiger partial charge >= 0.3 is 0 Å². The zero-order valence-corrected chi connectivity index (χ0v) is 13.8. The number of pyridine rings is 1. The maximum absolute atomic E-state index is 13.1. The number of methoxy groups -OCH3 is 1. The molecule has 0 unspecified atom stereocenters. The highest BCUT2D eigenvalue weighted by Crippen LogP contribution is 2.25. The second kappa shape index (κ2) is 7.51. The van der Waals surface area contributed by atoms with E-state index in [1.54, 1.807) is 19.2 Å². The third-order valence-corrected chi connectivity index (χ3v) is 3.64. The van der Waals surface area contributed by atoms with Crippen LogP contribution in [0.5, 0.6) is 0 Å². The lowest BCUT2D eigenvalue weighted by atomic mass is 10.1. The lowest BCUT2D eigenvalue weighted by Crippen LogP contribution is -2.08. The minimum absolute atomic E-state index is 0.160. The van der Waals surface area contributed by atoms with E-state index in [9.17, 15) is 4.39 Å². The third-order valence-electron chi connectivity index (χ3n) is 3.47. The van der Waals surface area contributed by atoms with Crippen molar-refractivity contribution in [3.8, 4) is 11.3 Å². The van der Waals surface area contributed by atoms with Crippen LogP contribution in [-0.4, -0.2) is 35.2 Å². The van der Waals surface area contributed by atoms with Crippen LogP contribution in [-0.2, 0) is 4.74 Å². The van der Waals surface area contributed by atoms with Crippen LogP contribution in [0.4, 0.5) is 10.2 Å². The van der Waals surface area contributed by atoms with Crippen LogP contribution in [0, 0.1) is 5.82 Å². The minimum Gasteiger partial charge on any atom is -0.385 e. The Morgan fingerprint density at radius 3 is 2.62 bits per heavy atom. The Kier molecular flexibility index (Phi) is 5.17. The molecule has 0 aliphatic rings. The van der Waals surface area contributed by atoms with Gasteiger partial charge in [-0.25, -0.2) is 14.4 Å². The smallest absolute Gasteiger partial charge is 0.225 e. The van der Waals surface area contributed by atoms with Crippen LogP contribution in [0.2, 0.25) is 5.28 Å². The van der Waals surface area contributed by atoms with Crippen molar-refractivity contribution in [3.63, 3.8) is 0 Å².